The maximum Gasteiger partial charge on any atom is 0.166 e. The van der Waals surface area contributed by atoms with Crippen molar-refractivity contribution in [2.24, 2.45) is 5.92 Å². The Hall–Kier alpha value is -0.410. The first-order valence-corrected chi connectivity index (χ1v) is 5.61. The number of carbonyl (C=O) groups excluding carboxylic acids is 1. The summed E-state index contributed by atoms with van der Waals surface area (Å²) in [6, 6.07) is 0. The van der Waals surface area contributed by atoms with Crippen LogP contribution in [0.15, 0.2) is 0 Å². The molecule has 0 aromatic rings. The molecule has 0 aromatic heterocycles. The van der Waals surface area contributed by atoms with Gasteiger partial charge in [-0.05, 0) is 12.8 Å². The van der Waals surface area contributed by atoms with Crippen molar-refractivity contribution in [2.75, 3.05) is 19.8 Å². The van der Waals surface area contributed by atoms with Gasteiger partial charge in [0, 0.05) is 5.92 Å². The average Bonchev–Trinajstić information content (AvgIpc) is 2.30. The van der Waals surface area contributed by atoms with Gasteiger partial charge in [0.15, 0.2) is 5.78 Å². The zero-order chi connectivity index (χ0) is 9.80. The first kappa shape index (κ1) is 10.1. The Morgan fingerprint density at radius 1 is 1.07 bits per heavy atom. The molecule has 0 bridgehead atoms. The number of Topliss-reactive ketones (excluding diaryl/α,β-unsaturated/α-hetero) is 1. The molecule has 14 heavy (non-hydrogen) atoms. The first-order chi connectivity index (χ1) is 6.88. The quantitative estimate of drug-likeness (QED) is 0.675. The minimum Gasteiger partial charge on any atom is -0.376 e. The molecule has 0 spiro atoms. The predicted molar refractivity (Wildman–Crippen MR) is 52.1 cm³/mol. The molecule has 2 fully saturated rings. The van der Waals surface area contributed by atoms with E-state index in [4.69, 9.17) is 9.47 Å². The number of carbonyl (C=O) groups is 1. The van der Waals surface area contributed by atoms with Crippen molar-refractivity contribution in [2.45, 2.75) is 38.2 Å². The second kappa shape index (κ2) is 4.89. The van der Waals surface area contributed by atoms with Gasteiger partial charge in [0.1, 0.15) is 6.10 Å². The third-order valence-electron chi connectivity index (χ3n) is 3.14. The van der Waals surface area contributed by atoms with Crippen molar-refractivity contribution >= 4 is 5.78 Å². The Morgan fingerprint density at radius 2 is 1.86 bits per heavy atom. The van der Waals surface area contributed by atoms with Crippen molar-refractivity contribution in [3.63, 3.8) is 0 Å². The molecule has 0 aromatic carbocycles. The summed E-state index contributed by atoms with van der Waals surface area (Å²) < 4.78 is 10.7. The highest BCUT2D eigenvalue weighted by molar-refractivity contribution is 5.85. The second-order valence-corrected chi connectivity index (χ2v) is 4.17. The Balaban J connectivity index is 1.85. The van der Waals surface area contributed by atoms with Crippen LogP contribution in [0, 0.1) is 5.92 Å². The van der Waals surface area contributed by atoms with E-state index in [1.807, 2.05) is 0 Å². The van der Waals surface area contributed by atoms with E-state index in [9.17, 15) is 4.79 Å². The van der Waals surface area contributed by atoms with Crippen LogP contribution in [0.4, 0.5) is 0 Å². The Kier molecular flexibility index (Phi) is 3.54. The van der Waals surface area contributed by atoms with Crippen LogP contribution in [0.5, 0.6) is 0 Å². The highest BCUT2D eigenvalue weighted by Gasteiger charge is 2.30. The number of rotatable bonds is 2. The van der Waals surface area contributed by atoms with Gasteiger partial charge in [-0.1, -0.05) is 19.3 Å². The molecule has 2 rings (SSSR count). The van der Waals surface area contributed by atoms with E-state index in [1.54, 1.807) is 0 Å². The van der Waals surface area contributed by atoms with E-state index >= 15 is 0 Å². The van der Waals surface area contributed by atoms with Crippen molar-refractivity contribution in [1.82, 2.24) is 0 Å². The van der Waals surface area contributed by atoms with E-state index in [2.05, 4.69) is 0 Å². The number of ketones is 1. The molecular weight excluding hydrogens is 180 g/mol. The van der Waals surface area contributed by atoms with Gasteiger partial charge in [0.05, 0.1) is 19.8 Å². The van der Waals surface area contributed by atoms with Crippen LogP contribution in [-0.4, -0.2) is 31.7 Å². The molecule has 1 aliphatic carbocycles. The van der Waals surface area contributed by atoms with E-state index in [0.717, 1.165) is 12.8 Å². The highest BCUT2D eigenvalue weighted by atomic mass is 16.6. The largest absolute Gasteiger partial charge is 0.376 e. The summed E-state index contributed by atoms with van der Waals surface area (Å²) >= 11 is 0. The summed E-state index contributed by atoms with van der Waals surface area (Å²) in [4.78, 5) is 11.9. The standard InChI is InChI=1S/C11H18O3/c12-11(9-4-2-1-3-5-9)10-8-13-6-7-14-10/h9-10H,1-8H2/t10-/m0/s1. The summed E-state index contributed by atoms with van der Waals surface area (Å²) in [5.41, 5.74) is 0. The lowest BCUT2D eigenvalue weighted by Gasteiger charge is -2.27. The van der Waals surface area contributed by atoms with E-state index in [0.29, 0.717) is 19.8 Å². The van der Waals surface area contributed by atoms with E-state index in [-0.39, 0.29) is 17.8 Å². The van der Waals surface area contributed by atoms with Crippen LogP contribution in [0.2, 0.25) is 0 Å². The van der Waals surface area contributed by atoms with Crippen LogP contribution in [0.1, 0.15) is 32.1 Å². The number of hydrogen-bond donors (Lipinski definition) is 0. The molecule has 1 aliphatic heterocycles. The van der Waals surface area contributed by atoms with Crippen LogP contribution in [0.25, 0.3) is 0 Å². The lowest BCUT2D eigenvalue weighted by Crippen LogP contribution is -2.39. The van der Waals surface area contributed by atoms with Gasteiger partial charge in [0.2, 0.25) is 0 Å². The molecule has 3 heteroatoms. The van der Waals surface area contributed by atoms with Crippen molar-refractivity contribution in [3.8, 4) is 0 Å². The van der Waals surface area contributed by atoms with E-state index in [1.165, 1.54) is 19.3 Å². The van der Waals surface area contributed by atoms with Crippen molar-refractivity contribution < 1.29 is 14.3 Å². The molecule has 80 valence electrons. The van der Waals surface area contributed by atoms with Gasteiger partial charge < -0.3 is 9.47 Å². The summed E-state index contributed by atoms with van der Waals surface area (Å²) in [6.45, 7) is 1.67. The van der Waals surface area contributed by atoms with Crippen molar-refractivity contribution in [1.29, 1.82) is 0 Å². The number of ether oxygens (including phenoxy) is 2. The van der Waals surface area contributed by atoms with Gasteiger partial charge in [0.25, 0.3) is 0 Å². The van der Waals surface area contributed by atoms with Gasteiger partial charge >= 0.3 is 0 Å². The predicted octanol–water partition coefficient (Wildman–Crippen LogP) is 1.55. The third kappa shape index (κ3) is 2.34. The molecule has 0 unspecified atom stereocenters. The zero-order valence-corrected chi connectivity index (χ0v) is 8.54. The minimum atomic E-state index is -0.271. The van der Waals surface area contributed by atoms with Crippen LogP contribution in [-0.2, 0) is 14.3 Å². The Bertz CT molecular complexity index is 171. The summed E-state index contributed by atoms with van der Waals surface area (Å²) in [7, 11) is 0. The molecular formula is C11H18O3. The second-order valence-electron chi connectivity index (χ2n) is 4.17. The molecule has 0 amide bonds. The van der Waals surface area contributed by atoms with Crippen molar-refractivity contribution in [3.05, 3.63) is 0 Å². The minimum absolute atomic E-state index is 0.246. The summed E-state index contributed by atoms with van der Waals surface area (Å²) in [5, 5.41) is 0. The molecule has 1 saturated heterocycles. The van der Waals surface area contributed by atoms with Crippen LogP contribution >= 0.6 is 0 Å². The Morgan fingerprint density at radius 3 is 2.50 bits per heavy atom. The monoisotopic (exact) mass is 198 g/mol. The fraction of sp³-hybridized carbons (Fsp3) is 0.909. The molecule has 1 heterocycles. The fourth-order valence-electron chi connectivity index (χ4n) is 2.30. The SMILES string of the molecule is O=C(C1CCCCC1)[C@@H]1COCCO1. The molecule has 0 N–H and O–H groups in total. The zero-order valence-electron chi connectivity index (χ0n) is 8.54. The number of hydrogen-bond acceptors (Lipinski definition) is 3. The lowest BCUT2D eigenvalue weighted by atomic mass is 9.84. The molecule has 3 nitrogen and oxygen atoms in total. The van der Waals surface area contributed by atoms with Gasteiger partial charge in [-0.25, -0.2) is 0 Å². The molecule has 2 aliphatic rings. The fourth-order valence-corrected chi connectivity index (χ4v) is 2.30. The molecule has 1 atom stereocenters. The van der Waals surface area contributed by atoms with E-state index < -0.39 is 0 Å². The first-order valence-electron chi connectivity index (χ1n) is 5.61. The van der Waals surface area contributed by atoms with Gasteiger partial charge in [-0.2, -0.15) is 0 Å². The smallest absolute Gasteiger partial charge is 0.166 e. The topological polar surface area (TPSA) is 35.5 Å². The maximum absolute atomic E-state index is 11.9. The Labute approximate surface area is 84.8 Å². The highest BCUT2D eigenvalue weighted by Crippen LogP contribution is 2.26. The van der Waals surface area contributed by atoms with Gasteiger partial charge in [-0.3, -0.25) is 4.79 Å². The summed E-state index contributed by atoms with van der Waals surface area (Å²) in [5.74, 6) is 0.528. The maximum atomic E-state index is 11.9. The van der Waals surface area contributed by atoms with Crippen LogP contribution in [0.3, 0.4) is 0 Å². The molecule has 0 radical (unpaired) electrons. The third-order valence-corrected chi connectivity index (χ3v) is 3.14. The molecule has 1 saturated carbocycles. The summed E-state index contributed by atoms with van der Waals surface area (Å²) in [6.07, 6.45) is 5.52. The van der Waals surface area contributed by atoms with Gasteiger partial charge in [-0.15, -0.1) is 0 Å². The van der Waals surface area contributed by atoms with Crippen LogP contribution < -0.4 is 0 Å². The average molecular weight is 198 g/mol. The normalized spacial score (nSPS) is 30.1. The lowest BCUT2D eigenvalue weighted by molar-refractivity contribution is -0.150.